The highest BCUT2D eigenvalue weighted by Gasteiger charge is 2.33. The Morgan fingerprint density at radius 1 is 1.41 bits per heavy atom. The van der Waals surface area contributed by atoms with Gasteiger partial charge >= 0.3 is 5.69 Å². The lowest BCUT2D eigenvalue weighted by Gasteiger charge is -2.31. The van der Waals surface area contributed by atoms with Crippen molar-refractivity contribution >= 4 is 28.7 Å². The Kier molecular flexibility index (Phi) is 4.30. The van der Waals surface area contributed by atoms with Crippen LogP contribution in [0.5, 0.6) is 0 Å². The van der Waals surface area contributed by atoms with Gasteiger partial charge in [0.15, 0.2) is 11.5 Å². The molecule has 10 heteroatoms. The Balaban J connectivity index is 1.77. The number of halogens is 1. The quantitative estimate of drug-likeness (QED) is 0.693. The number of primary amides is 1. The van der Waals surface area contributed by atoms with Crippen molar-refractivity contribution in [3.05, 3.63) is 45.8 Å². The molecule has 0 unspecified atom stereocenters. The maximum Gasteiger partial charge on any atom is 0.330 e. The zero-order valence-corrected chi connectivity index (χ0v) is 15.8. The summed E-state index contributed by atoms with van der Waals surface area (Å²) in [5.74, 6) is -1.67. The van der Waals surface area contributed by atoms with Crippen LogP contribution in [0, 0.1) is 30.0 Å². The van der Waals surface area contributed by atoms with Crippen molar-refractivity contribution in [2.45, 2.75) is 25.8 Å². The standard InChI is InChI=1S/C19H18FN7O2/c1-9-3-12(16(22)28)15(20)13(4-9)24-18-23-8-14-17(25-18)27(19(29)26(14)2)11-5-10(6-11)7-21/h3-4,8,10-11H,5-6H2,1-2H3,(H2,22,28)(H,23,24,25)/t10-,11+. The van der Waals surface area contributed by atoms with E-state index in [1.54, 1.807) is 18.5 Å². The van der Waals surface area contributed by atoms with Crippen LogP contribution in [0.2, 0.25) is 0 Å². The van der Waals surface area contributed by atoms with Gasteiger partial charge in [-0.3, -0.25) is 13.9 Å². The molecule has 0 spiro atoms. The highest BCUT2D eigenvalue weighted by atomic mass is 19.1. The molecular weight excluding hydrogens is 377 g/mol. The van der Waals surface area contributed by atoms with Gasteiger partial charge in [0.05, 0.1) is 29.4 Å². The van der Waals surface area contributed by atoms with E-state index >= 15 is 0 Å². The summed E-state index contributed by atoms with van der Waals surface area (Å²) in [6.07, 6.45) is 2.64. The molecule has 1 fully saturated rings. The van der Waals surface area contributed by atoms with Crippen molar-refractivity contribution in [1.29, 1.82) is 5.26 Å². The van der Waals surface area contributed by atoms with Gasteiger partial charge in [0, 0.05) is 13.1 Å². The summed E-state index contributed by atoms with van der Waals surface area (Å²) in [5.41, 5.74) is 6.34. The van der Waals surface area contributed by atoms with Gasteiger partial charge in [0.2, 0.25) is 5.95 Å². The maximum absolute atomic E-state index is 14.6. The molecule has 0 aliphatic heterocycles. The molecule has 2 heterocycles. The normalized spacial score (nSPS) is 18.3. The number of anilines is 2. The molecular formula is C19H18FN7O2. The van der Waals surface area contributed by atoms with Crippen LogP contribution < -0.4 is 16.7 Å². The predicted molar refractivity (Wildman–Crippen MR) is 103 cm³/mol. The average Bonchev–Trinajstić information content (AvgIpc) is 2.88. The van der Waals surface area contributed by atoms with Crippen LogP contribution in [0.15, 0.2) is 23.1 Å². The minimum atomic E-state index is -0.875. The second kappa shape index (κ2) is 6.70. The fraction of sp³-hybridized carbons (Fsp3) is 0.316. The summed E-state index contributed by atoms with van der Waals surface area (Å²) in [5, 5.41) is 11.8. The third-order valence-electron chi connectivity index (χ3n) is 5.22. The average molecular weight is 395 g/mol. The van der Waals surface area contributed by atoms with E-state index in [4.69, 9.17) is 11.0 Å². The molecule has 9 nitrogen and oxygen atoms in total. The summed E-state index contributed by atoms with van der Waals surface area (Å²) in [6.45, 7) is 1.71. The summed E-state index contributed by atoms with van der Waals surface area (Å²) in [7, 11) is 1.62. The van der Waals surface area contributed by atoms with Crippen molar-refractivity contribution in [3.63, 3.8) is 0 Å². The van der Waals surface area contributed by atoms with Gasteiger partial charge in [-0.25, -0.2) is 14.2 Å². The van der Waals surface area contributed by atoms with Crippen LogP contribution in [-0.4, -0.2) is 25.0 Å². The number of carbonyl (C=O) groups is 1. The van der Waals surface area contributed by atoms with E-state index in [9.17, 15) is 14.0 Å². The Labute approximate surface area is 164 Å². The lowest BCUT2D eigenvalue weighted by Crippen LogP contribution is -2.33. The number of aromatic nitrogens is 4. The number of hydrogen-bond donors (Lipinski definition) is 2. The Morgan fingerprint density at radius 2 is 2.14 bits per heavy atom. The maximum atomic E-state index is 14.6. The Morgan fingerprint density at radius 3 is 2.79 bits per heavy atom. The summed E-state index contributed by atoms with van der Waals surface area (Å²) >= 11 is 0. The minimum Gasteiger partial charge on any atom is -0.366 e. The van der Waals surface area contributed by atoms with Crippen molar-refractivity contribution in [2.24, 2.45) is 18.7 Å². The van der Waals surface area contributed by atoms with Crippen LogP contribution >= 0.6 is 0 Å². The number of rotatable bonds is 4. The fourth-order valence-corrected chi connectivity index (χ4v) is 3.59. The number of carbonyl (C=O) groups excluding carboxylic acids is 1. The van der Waals surface area contributed by atoms with Crippen molar-refractivity contribution < 1.29 is 9.18 Å². The van der Waals surface area contributed by atoms with Crippen LogP contribution in [0.4, 0.5) is 16.0 Å². The van der Waals surface area contributed by atoms with E-state index in [-0.39, 0.29) is 34.8 Å². The molecule has 1 saturated carbocycles. The molecule has 2 aromatic heterocycles. The largest absolute Gasteiger partial charge is 0.366 e. The third-order valence-corrected chi connectivity index (χ3v) is 5.22. The van der Waals surface area contributed by atoms with E-state index in [0.717, 1.165) is 0 Å². The van der Waals surface area contributed by atoms with E-state index in [1.165, 1.54) is 22.9 Å². The first kappa shape index (κ1) is 18.6. The highest BCUT2D eigenvalue weighted by Crippen LogP contribution is 2.37. The second-order valence-electron chi connectivity index (χ2n) is 7.23. The number of benzene rings is 1. The van der Waals surface area contributed by atoms with Crippen LogP contribution in [0.1, 0.15) is 34.8 Å². The second-order valence-corrected chi connectivity index (χ2v) is 7.23. The van der Waals surface area contributed by atoms with Crippen molar-refractivity contribution in [2.75, 3.05) is 5.32 Å². The molecule has 1 aromatic carbocycles. The number of fused-ring (bicyclic) bond motifs is 1. The van der Waals surface area contributed by atoms with Gasteiger partial charge in [-0.1, -0.05) is 0 Å². The van der Waals surface area contributed by atoms with Gasteiger partial charge in [0.1, 0.15) is 5.52 Å². The lowest BCUT2D eigenvalue weighted by molar-refractivity contribution is 0.0996. The molecule has 148 valence electrons. The molecule has 1 aliphatic carbocycles. The molecule has 0 atom stereocenters. The molecule has 0 bridgehead atoms. The van der Waals surface area contributed by atoms with Gasteiger partial charge in [-0.15, -0.1) is 0 Å². The van der Waals surface area contributed by atoms with Gasteiger partial charge < -0.3 is 11.1 Å². The van der Waals surface area contributed by atoms with Gasteiger partial charge in [0.25, 0.3) is 5.91 Å². The molecule has 1 amide bonds. The van der Waals surface area contributed by atoms with E-state index < -0.39 is 11.7 Å². The number of hydrogen-bond acceptors (Lipinski definition) is 6. The summed E-state index contributed by atoms with van der Waals surface area (Å²) in [6, 6.07) is 4.96. The first-order valence-corrected chi connectivity index (χ1v) is 9.00. The molecule has 3 N–H and O–H groups in total. The van der Waals surface area contributed by atoms with Crippen molar-refractivity contribution in [3.8, 4) is 6.07 Å². The number of nitrogens with two attached hydrogens (primary N) is 1. The van der Waals surface area contributed by atoms with Gasteiger partial charge in [-0.2, -0.15) is 10.2 Å². The third kappa shape index (κ3) is 3.00. The van der Waals surface area contributed by atoms with Gasteiger partial charge in [-0.05, 0) is 37.5 Å². The number of imidazole rings is 1. The number of nitrogens with one attached hydrogen (secondary N) is 1. The highest BCUT2D eigenvalue weighted by molar-refractivity contribution is 5.94. The number of aryl methyl sites for hydroxylation is 2. The first-order chi connectivity index (χ1) is 13.8. The van der Waals surface area contributed by atoms with Crippen LogP contribution in [0.25, 0.3) is 11.2 Å². The molecule has 29 heavy (non-hydrogen) atoms. The molecule has 1 aliphatic rings. The Hall–Kier alpha value is -3.74. The number of amides is 1. The molecule has 4 rings (SSSR count). The lowest BCUT2D eigenvalue weighted by atomic mass is 9.81. The van der Waals surface area contributed by atoms with Crippen LogP contribution in [-0.2, 0) is 7.05 Å². The topological polar surface area (TPSA) is 132 Å². The monoisotopic (exact) mass is 395 g/mol. The zero-order valence-electron chi connectivity index (χ0n) is 15.8. The Bertz CT molecular complexity index is 1250. The predicted octanol–water partition coefficient (Wildman–Crippen LogP) is 1.89. The summed E-state index contributed by atoms with van der Waals surface area (Å²) in [4.78, 5) is 32.7. The fourth-order valence-electron chi connectivity index (χ4n) is 3.59. The SMILES string of the molecule is Cc1cc(Nc2ncc3c(n2)n([C@H]2C[C@@H](C#N)C2)c(=O)n3C)c(F)c(C(N)=O)c1. The number of nitrogens with zero attached hydrogens (tertiary/aromatic N) is 5. The first-order valence-electron chi connectivity index (χ1n) is 9.00. The number of nitriles is 1. The van der Waals surface area contributed by atoms with E-state index in [2.05, 4.69) is 21.4 Å². The smallest absolute Gasteiger partial charge is 0.330 e. The summed E-state index contributed by atoms with van der Waals surface area (Å²) < 4.78 is 17.6. The molecule has 3 aromatic rings. The van der Waals surface area contributed by atoms with Crippen molar-refractivity contribution in [1.82, 2.24) is 19.1 Å². The van der Waals surface area contributed by atoms with E-state index in [0.29, 0.717) is 29.6 Å². The zero-order chi connectivity index (χ0) is 20.9. The molecule has 0 radical (unpaired) electrons. The van der Waals surface area contributed by atoms with E-state index in [1.807, 2.05) is 0 Å². The molecule has 0 saturated heterocycles. The minimum absolute atomic E-state index is 0.0103. The van der Waals surface area contributed by atoms with Crippen LogP contribution in [0.3, 0.4) is 0 Å².